The number of nitrogens with one attached hydrogen (secondary N) is 1. The zero-order valence-electron chi connectivity index (χ0n) is 10.6. The van der Waals surface area contributed by atoms with Gasteiger partial charge in [0.1, 0.15) is 11.8 Å². The Morgan fingerprint density at radius 1 is 1.56 bits per heavy atom. The van der Waals surface area contributed by atoms with Gasteiger partial charge in [-0.1, -0.05) is 6.07 Å². The van der Waals surface area contributed by atoms with Gasteiger partial charge < -0.3 is 20.1 Å². The van der Waals surface area contributed by atoms with Crippen LogP contribution in [0, 0.1) is 6.92 Å². The van der Waals surface area contributed by atoms with Crippen molar-refractivity contribution in [2.45, 2.75) is 13.0 Å². The molecule has 1 aromatic rings. The summed E-state index contributed by atoms with van der Waals surface area (Å²) in [6, 6.07) is 5.26. The number of aliphatic carboxylic acids is 1. The fourth-order valence-corrected chi connectivity index (χ4v) is 2.24. The van der Waals surface area contributed by atoms with E-state index in [1.165, 1.54) is 0 Å². The Labute approximate surface area is 106 Å². The van der Waals surface area contributed by atoms with Gasteiger partial charge in [-0.05, 0) is 24.6 Å². The molecule has 1 aliphatic heterocycles. The molecule has 18 heavy (non-hydrogen) atoms. The van der Waals surface area contributed by atoms with Gasteiger partial charge in [0.05, 0.1) is 12.8 Å². The lowest BCUT2D eigenvalue weighted by molar-refractivity contribution is -0.138. The highest BCUT2D eigenvalue weighted by Gasteiger charge is 2.30. The molecule has 1 saturated heterocycles. The number of methoxy groups -OCH3 is 1. The molecule has 5 heteroatoms. The van der Waals surface area contributed by atoms with Crippen LogP contribution in [0.25, 0.3) is 0 Å². The topological polar surface area (TPSA) is 61.8 Å². The molecule has 0 saturated carbocycles. The van der Waals surface area contributed by atoms with Crippen molar-refractivity contribution in [1.82, 2.24) is 5.32 Å². The number of aryl methyl sites for hydroxylation is 1. The number of hydrogen-bond donors (Lipinski definition) is 2. The fraction of sp³-hybridized carbons (Fsp3) is 0.462. The van der Waals surface area contributed by atoms with E-state index in [0.717, 1.165) is 17.8 Å². The van der Waals surface area contributed by atoms with Gasteiger partial charge in [0.2, 0.25) is 0 Å². The quantitative estimate of drug-likeness (QED) is 0.833. The number of benzene rings is 1. The zero-order valence-corrected chi connectivity index (χ0v) is 10.6. The number of anilines is 1. The Kier molecular flexibility index (Phi) is 3.72. The molecule has 1 unspecified atom stereocenters. The van der Waals surface area contributed by atoms with Crippen molar-refractivity contribution in [3.8, 4) is 5.75 Å². The highest BCUT2D eigenvalue weighted by Crippen LogP contribution is 2.31. The van der Waals surface area contributed by atoms with Crippen LogP contribution in [0.1, 0.15) is 5.56 Å². The largest absolute Gasteiger partial charge is 0.495 e. The van der Waals surface area contributed by atoms with Crippen LogP contribution in [0.3, 0.4) is 0 Å². The average Bonchev–Trinajstić information content (AvgIpc) is 2.38. The fourth-order valence-electron chi connectivity index (χ4n) is 2.24. The van der Waals surface area contributed by atoms with Crippen LogP contribution in [0.4, 0.5) is 5.69 Å². The summed E-state index contributed by atoms with van der Waals surface area (Å²) in [5.41, 5.74) is 1.94. The Balaban J connectivity index is 2.38. The molecule has 1 aromatic carbocycles. The number of carbonyl (C=O) groups is 1. The number of carboxylic acid groups (broad SMARTS) is 1. The summed E-state index contributed by atoms with van der Waals surface area (Å²) in [5, 5.41) is 12.4. The summed E-state index contributed by atoms with van der Waals surface area (Å²) >= 11 is 0. The second-order valence-electron chi connectivity index (χ2n) is 4.43. The Bertz CT molecular complexity index is 448. The summed E-state index contributed by atoms with van der Waals surface area (Å²) in [7, 11) is 1.60. The number of nitrogens with zero attached hydrogens (tertiary/aromatic N) is 1. The Hall–Kier alpha value is -1.75. The van der Waals surface area contributed by atoms with Crippen LogP contribution in [-0.4, -0.2) is 43.9 Å². The first kappa shape index (κ1) is 12.7. The summed E-state index contributed by atoms with van der Waals surface area (Å²) < 4.78 is 5.33. The van der Waals surface area contributed by atoms with E-state index in [-0.39, 0.29) is 0 Å². The normalized spacial score (nSPS) is 19.7. The van der Waals surface area contributed by atoms with Gasteiger partial charge in [0.25, 0.3) is 0 Å². The van der Waals surface area contributed by atoms with Gasteiger partial charge in [-0.3, -0.25) is 0 Å². The molecule has 2 rings (SSSR count). The molecule has 0 radical (unpaired) electrons. The second kappa shape index (κ2) is 5.27. The van der Waals surface area contributed by atoms with Crippen molar-refractivity contribution >= 4 is 11.7 Å². The molecule has 0 spiro atoms. The molecule has 0 bridgehead atoms. The molecule has 0 aliphatic carbocycles. The Morgan fingerprint density at radius 2 is 2.33 bits per heavy atom. The summed E-state index contributed by atoms with van der Waals surface area (Å²) in [5.74, 6) is -0.0977. The summed E-state index contributed by atoms with van der Waals surface area (Å²) in [6.45, 7) is 3.88. The van der Waals surface area contributed by atoms with Crippen molar-refractivity contribution in [2.24, 2.45) is 0 Å². The monoisotopic (exact) mass is 250 g/mol. The highest BCUT2D eigenvalue weighted by molar-refractivity contribution is 5.80. The summed E-state index contributed by atoms with van der Waals surface area (Å²) in [6.07, 6.45) is 0. The molecule has 2 N–H and O–H groups in total. The molecule has 1 fully saturated rings. The van der Waals surface area contributed by atoms with Crippen molar-refractivity contribution in [3.63, 3.8) is 0 Å². The minimum Gasteiger partial charge on any atom is -0.495 e. The van der Waals surface area contributed by atoms with Crippen molar-refractivity contribution in [3.05, 3.63) is 23.8 Å². The SMILES string of the molecule is COc1ccc(C)cc1N1CCNCC1C(=O)O. The van der Waals surface area contributed by atoms with Gasteiger partial charge in [0.15, 0.2) is 0 Å². The molecule has 0 amide bonds. The summed E-state index contributed by atoms with van der Waals surface area (Å²) in [4.78, 5) is 13.2. The third-order valence-corrected chi connectivity index (χ3v) is 3.17. The molecule has 5 nitrogen and oxygen atoms in total. The van der Waals surface area contributed by atoms with Gasteiger partial charge in [-0.15, -0.1) is 0 Å². The first-order valence-corrected chi connectivity index (χ1v) is 5.98. The third-order valence-electron chi connectivity index (χ3n) is 3.17. The number of hydrogen-bond acceptors (Lipinski definition) is 4. The van der Waals surface area contributed by atoms with Crippen molar-refractivity contribution in [2.75, 3.05) is 31.6 Å². The van der Waals surface area contributed by atoms with E-state index < -0.39 is 12.0 Å². The lowest BCUT2D eigenvalue weighted by Crippen LogP contribution is -2.55. The first-order chi connectivity index (χ1) is 8.63. The standard InChI is InChI=1S/C13H18N2O3/c1-9-3-4-12(18-2)10(7-9)15-6-5-14-8-11(15)13(16)17/h3-4,7,11,14H,5-6,8H2,1-2H3,(H,16,17). The average molecular weight is 250 g/mol. The second-order valence-corrected chi connectivity index (χ2v) is 4.43. The van der Waals surface area contributed by atoms with E-state index in [9.17, 15) is 9.90 Å². The Morgan fingerprint density at radius 3 is 3.00 bits per heavy atom. The molecule has 1 heterocycles. The predicted octanol–water partition coefficient (Wildman–Crippen LogP) is 0.866. The molecule has 1 aliphatic rings. The van der Waals surface area contributed by atoms with Gasteiger partial charge in [-0.25, -0.2) is 4.79 Å². The van der Waals surface area contributed by atoms with Gasteiger partial charge >= 0.3 is 5.97 Å². The van der Waals surface area contributed by atoms with E-state index in [2.05, 4.69) is 5.32 Å². The minimum atomic E-state index is -0.814. The lowest BCUT2D eigenvalue weighted by Gasteiger charge is -2.36. The van der Waals surface area contributed by atoms with Crippen LogP contribution in [-0.2, 0) is 4.79 Å². The third kappa shape index (κ3) is 2.41. The van der Waals surface area contributed by atoms with Crippen LogP contribution in [0.2, 0.25) is 0 Å². The van der Waals surface area contributed by atoms with Gasteiger partial charge in [-0.2, -0.15) is 0 Å². The number of carboxylic acids is 1. The van der Waals surface area contributed by atoms with Crippen LogP contribution in [0.15, 0.2) is 18.2 Å². The predicted molar refractivity (Wildman–Crippen MR) is 69.4 cm³/mol. The van der Waals surface area contributed by atoms with E-state index in [4.69, 9.17) is 4.74 Å². The van der Waals surface area contributed by atoms with Crippen LogP contribution >= 0.6 is 0 Å². The minimum absolute atomic E-state index is 0.451. The van der Waals surface area contributed by atoms with Crippen LogP contribution in [0.5, 0.6) is 5.75 Å². The number of rotatable bonds is 3. The smallest absolute Gasteiger partial charge is 0.327 e. The molecule has 98 valence electrons. The van der Waals surface area contributed by atoms with E-state index in [1.54, 1.807) is 7.11 Å². The zero-order chi connectivity index (χ0) is 13.1. The van der Waals surface area contributed by atoms with Crippen LogP contribution < -0.4 is 15.0 Å². The molecule has 1 atom stereocenters. The molecular weight excluding hydrogens is 232 g/mol. The maximum Gasteiger partial charge on any atom is 0.327 e. The van der Waals surface area contributed by atoms with E-state index in [1.807, 2.05) is 30.0 Å². The molecular formula is C13H18N2O3. The van der Waals surface area contributed by atoms with Gasteiger partial charge in [0, 0.05) is 19.6 Å². The number of ether oxygens (including phenoxy) is 1. The maximum absolute atomic E-state index is 11.3. The highest BCUT2D eigenvalue weighted by atomic mass is 16.5. The number of piperazine rings is 1. The first-order valence-electron chi connectivity index (χ1n) is 5.98. The van der Waals surface area contributed by atoms with Crippen molar-refractivity contribution in [1.29, 1.82) is 0 Å². The molecule has 0 aromatic heterocycles. The maximum atomic E-state index is 11.3. The van der Waals surface area contributed by atoms with E-state index in [0.29, 0.717) is 18.8 Å². The lowest BCUT2D eigenvalue weighted by atomic mass is 10.1. The van der Waals surface area contributed by atoms with Crippen molar-refractivity contribution < 1.29 is 14.6 Å². The van der Waals surface area contributed by atoms with E-state index >= 15 is 0 Å².